The third-order valence-electron chi connectivity index (χ3n) is 4.75. The number of thioether (sulfide) groups is 1. The predicted octanol–water partition coefficient (Wildman–Crippen LogP) is 4.09. The first-order valence-electron chi connectivity index (χ1n) is 9.43. The second kappa shape index (κ2) is 8.53. The highest BCUT2D eigenvalue weighted by Gasteiger charge is 2.19. The molecule has 2 amide bonds. The molecule has 2 aromatic carbocycles. The number of carbonyl (C=O) groups is 2. The van der Waals surface area contributed by atoms with Crippen molar-refractivity contribution >= 4 is 29.3 Å². The molecule has 0 bridgehead atoms. The van der Waals surface area contributed by atoms with Crippen LogP contribution < -0.4 is 5.32 Å². The zero-order chi connectivity index (χ0) is 20.2. The molecule has 1 N–H and O–H groups in total. The fourth-order valence-corrected chi connectivity index (χ4v) is 3.99. The van der Waals surface area contributed by atoms with Crippen LogP contribution in [0, 0.1) is 0 Å². The third kappa shape index (κ3) is 4.51. The van der Waals surface area contributed by atoms with Gasteiger partial charge in [0.1, 0.15) is 11.5 Å². The predicted molar refractivity (Wildman–Crippen MR) is 113 cm³/mol. The topological polar surface area (TPSA) is 75.4 Å². The van der Waals surface area contributed by atoms with E-state index in [0.29, 0.717) is 30.0 Å². The molecule has 148 valence electrons. The Morgan fingerprint density at radius 2 is 2.03 bits per heavy atom. The number of aromatic nitrogens is 1. The lowest BCUT2D eigenvalue weighted by Gasteiger charge is -2.20. The van der Waals surface area contributed by atoms with Gasteiger partial charge < -0.3 is 14.7 Å². The van der Waals surface area contributed by atoms with E-state index in [4.69, 9.17) is 4.52 Å². The molecule has 0 aliphatic carbocycles. The lowest BCUT2D eigenvalue weighted by atomic mass is 10.1. The number of nitrogens with one attached hydrogen (secondary N) is 1. The molecule has 6 nitrogen and oxygen atoms in total. The number of fused-ring (bicyclic) bond motifs is 1. The number of aryl methyl sites for hydroxylation is 1. The van der Waals surface area contributed by atoms with Crippen molar-refractivity contribution in [2.45, 2.75) is 17.7 Å². The zero-order valence-electron chi connectivity index (χ0n) is 16.1. The Hall–Kier alpha value is -3.06. The smallest absolute Gasteiger partial charge is 0.253 e. The van der Waals surface area contributed by atoms with Gasteiger partial charge in [-0.2, -0.15) is 0 Å². The van der Waals surface area contributed by atoms with Gasteiger partial charge >= 0.3 is 0 Å². The van der Waals surface area contributed by atoms with E-state index in [-0.39, 0.29) is 11.8 Å². The van der Waals surface area contributed by atoms with E-state index in [9.17, 15) is 9.59 Å². The molecule has 0 fully saturated rings. The Bertz CT molecular complexity index is 1030. The van der Waals surface area contributed by atoms with Gasteiger partial charge in [0.05, 0.1) is 11.4 Å². The molecule has 7 heteroatoms. The summed E-state index contributed by atoms with van der Waals surface area (Å²) >= 11 is 1.48. The minimum atomic E-state index is -0.0693. The van der Waals surface area contributed by atoms with Crippen LogP contribution in [0.5, 0.6) is 0 Å². The molecule has 0 atom stereocenters. The molecule has 0 radical (unpaired) electrons. The average molecular weight is 407 g/mol. The molecule has 1 aromatic heterocycles. The van der Waals surface area contributed by atoms with Gasteiger partial charge in [0.15, 0.2) is 0 Å². The maximum atomic E-state index is 12.7. The number of benzene rings is 2. The second-order valence-electron chi connectivity index (χ2n) is 6.92. The van der Waals surface area contributed by atoms with Gasteiger partial charge in [-0.25, -0.2) is 0 Å². The highest BCUT2D eigenvalue weighted by molar-refractivity contribution is 8.00. The molecule has 3 aromatic rings. The molecule has 1 aliphatic rings. The highest BCUT2D eigenvalue weighted by Crippen LogP contribution is 2.32. The number of carbonyl (C=O) groups excluding carboxylic acids is 2. The number of nitrogens with zero attached hydrogens (tertiary/aromatic N) is 2. The minimum Gasteiger partial charge on any atom is -0.361 e. The van der Waals surface area contributed by atoms with E-state index in [2.05, 4.69) is 10.5 Å². The van der Waals surface area contributed by atoms with Crippen LogP contribution in [-0.2, 0) is 11.2 Å². The van der Waals surface area contributed by atoms with Crippen LogP contribution >= 0.6 is 11.8 Å². The summed E-state index contributed by atoms with van der Waals surface area (Å²) in [7, 11) is 1.78. The van der Waals surface area contributed by atoms with Crippen molar-refractivity contribution < 1.29 is 14.1 Å². The van der Waals surface area contributed by atoms with Crippen LogP contribution in [0.2, 0.25) is 0 Å². The van der Waals surface area contributed by atoms with Gasteiger partial charge in [0.25, 0.3) is 5.91 Å². The summed E-state index contributed by atoms with van der Waals surface area (Å²) in [6.45, 7) is 0.596. The van der Waals surface area contributed by atoms with Gasteiger partial charge in [-0.05, 0) is 24.6 Å². The molecule has 0 spiro atoms. The summed E-state index contributed by atoms with van der Waals surface area (Å²) in [5.41, 5.74) is 3.12. The summed E-state index contributed by atoms with van der Waals surface area (Å²) < 4.78 is 5.42. The Balaban J connectivity index is 1.32. The lowest BCUT2D eigenvalue weighted by molar-refractivity contribution is -0.113. The van der Waals surface area contributed by atoms with E-state index in [1.165, 1.54) is 11.8 Å². The van der Waals surface area contributed by atoms with Crippen LogP contribution in [0.1, 0.15) is 22.5 Å². The number of hydrogen-bond acceptors (Lipinski definition) is 5. The van der Waals surface area contributed by atoms with E-state index in [0.717, 1.165) is 28.3 Å². The first-order valence-corrected chi connectivity index (χ1v) is 10.4. The van der Waals surface area contributed by atoms with Gasteiger partial charge in [0, 0.05) is 42.1 Å². The quantitative estimate of drug-likeness (QED) is 0.666. The van der Waals surface area contributed by atoms with Crippen LogP contribution in [0.25, 0.3) is 11.3 Å². The SMILES string of the molecule is CN(CCCc1cc(-c2ccccc2)no1)C(=O)c1ccc2c(c1)NC(=O)CS2. The molecular weight excluding hydrogens is 386 g/mol. The Morgan fingerprint density at radius 3 is 2.86 bits per heavy atom. The monoisotopic (exact) mass is 407 g/mol. The lowest BCUT2D eigenvalue weighted by Crippen LogP contribution is -2.28. The van der Waals surface area contributed by atoms with E-state index in [1.54, 1.807) is 18.0 Å². The number of hydrogen-bond donors (Lipinski definition) is 1. The van der Waals surface area contributed by atoms with E-state index >= 15 is 0 Å². The Kier molecular flexibility index (Phi) is 5.67. The largest absolute Gasteiger partial charge is 0.361 e. The Morgan fingerprint density at radius 1 is 1.21 bits per heavy atom. The van der Waals surface area contributed by atoms with Crippen molar-refractivity contribution in [2.75, 3.05) is 24.7 Å². The summed E-state index contributed by atoms with van der Waals surface area (Å²) in [4.78, 5) is 27.0. The summed E-state index contributed by atoms with van der Waals surface area (Å²) in [5, 5.41) is 6.95. The molecule has 2 heterocycles. The minimum absolute atomic E-state index is 0.0395. The average Bonchev–Trinajstić information content (AvgIpc) is 3.22. The molecule has 29 heavy (non-hydrogen) atoms. The first-order chi connectivity index (χ1) is 14.1. The van der Waals surface area contributed by atoms with Crippen LogP contribution in [0.4, 0.5) is 5.69 Å². The fourth-order valence-electron chi connectivity index (χ4n) is 3.20. The van der Waals surface area contributed by atoms with Crippen molar-refractivity contribution in [1.82, 2.24) is 10.1 Å². The van der Waals surface area contributed by atoms with Crippen LogP contribution in [0.15, 0.2) is 64.0 Å². The standard InChI is InChI=1S/C22H21N3O3S/c1-25(22(27)16-9-10-20-19(12-16)23-21(26)14-29-20)11-5-8-17-13-18(24-28-17)15-6-3-2-4-7-15/h2-4,6-7,9-10,12-13H,5,8,11,14H2,1H3,(H,23,26). The summed E-state index contributed by atoms with van der Waals surface area (Å²) in [6.07, 6.45) is 1.47. The van der Waals surface area contributed by atoms with Crippen LogP contribution in [-0.4, -0.2) is 41.2 Å². The molecular formula is C22H21N3O3S. The molecule has 4 rings (SSSR count). The molecule has 1 aliphatic heterocycles. The molecule has 0 unspecified atom stereocenters. The van der Waals surface area contributed by atoms with Crippen molar-refractivity contribution in [2.24, 2.45) is 0 Å². The van der Waals surface area contributed by atoms with E-state index in [1.807, 2.05) is 48.5 Å². The number of rotatable bonds is 6. The highest BCUT2D eigenvalue weighted by atomic mass is 32.2. The van der Waals surface area contributed by atoms with Gasteiger partial charge in [-0.3, -0.25) is 9.59 Å². The Labute approximate surface area is 173 Å². The van der Waals surface area contributed by atoms with E-state index < -0.39 is 0 Å². The molecule has 0 saturated heterocycles. The van der Waals surface area contributed by atoms with Crippen molar-refractivity contribution in [1.29, 1.82) is 0 Å². The van der Waals surface area contributed by atoms with Crippen molar-refractivity contribution in [3.05, 3.63) is 65.9 Å². The maximum Gasteiger partial charge on any atom is 0.253 e. The van der Waals surface area contributed by atoms with Gasteiger partial charge in [0.2, 0.25) is 5.91 Å². The summed E-state index contributed by atoms with van der Waals surface area (Å²) in [6, 6.07) is 17.3. The molecule has 0 saturated carbocycles. The maximum absolute atomic E-state index is 12.7. The summed E-state index contributed by atoms with van der Waals surface area (Å²) in [5.74, 6) is 1.11. The van der Waals surface area contributed by atoms with Crippen molar-refractivity contribution in [3.63, 3.8) is 0 Å². The zero-order valence-corrected chi connectivity index (χ0v) is 16.9. The van der Waals surface area contributed by atoms with Gasteiger partial charge in [-0.15, -0.1) is 11.8 Å². The van der Waals surface area contributed by atoms with Crippen LogP contribution in [0.3, 0.4) is 0 Å². The van der Waals surface area contributed by atoms with Crippen molar-refractivity contribution in [3.8, 4) is 11.3 Å². The third-order valence-corrected chi connectivity index (χ3v) is 5.82. The first kappa shape index (κ1) is 19.3. The fraction of sp³-hybridized carbons (Fsp3) is 0.227. The number of anilines is 1. The van der Waals surface area contributed by atoms with Gasteiger partial charge in [-0.1, -0.05) is 35.5 Å². The normalized spacial score (nSPS) is 12.9. The number of amides is 2. The second-order valence-corrected chi connectivity index (χ2v) is 7.94.